The van der Waals surface area contributed by atoms with Gasteiger partial charge in [-0.3, -0.25) is 9.59 Å². The minimum Gasteiger partial charge on any atom is -0.326 e. The highest BCUT2D eigenvalue weighted by molar-refractivity contribution is 5.97. The molecule has 1 aromatic heterocycles. The number of hydrogen-bond acceptors (Lipinski definition) is 3. The highest BCUT2D eigenvalue weighted by Crippen LogP contribution is 2.35. The van der Waals surface area contributed by atoms with Gasteiger partial charge in [0.25, 0.3) is 5.56 Å². The van der Waals surface area contributed by atoms with Crippen molar-refractivity contribution in [3.8, 4) is 0 Å². The molecule has 2 N–H and O–H groups in total. The van der Waals surface area contributed by atoms with E-state index >= 15 is 0 Å². The van der Waals surface area contributed by atoms with Crippen LogP contribution in [0.1, 0.15) is 31.9 Å². The summed E-state index contributed by atoms with van der Waals surface area (Å²) in [6.45, 7) is 5.12. The van der Waals surface area contributed by atoms with Crippen LogP contribution in [0.15, 0.2) is 41.2 Å². The van der Waals surface area contributed by atoms with Crippen LogP contribution in [0.2, 0.25) is 0 Å². The number of aromatic nitrogens is 1. The lowest BCUT2D eigenvalue weighted by atomic mass is 9.83. The van der Waals surface area contributed by atoms with Crippen LogP contribution in [0.25, 0.3) is 0 Å². The van der Waals surface area contributed by atoms with Crippen molar-refractivity contribution in [1.29, 1.82) is 0 Å². The molecule has 2 aromatic rings. The number of pyridine rings is 1. The number of likely N-dealkylation sites (tertiary alicyclic amines) is 1. The zero-order valence-electron chi connectivity index (χ0n) is 18.0. The van der Waals surface area contributed by atoms with E-state index in [0.717, 1.165) is 24.2 Å². The summed E-state index contributed by atoms with van der Waals surface area (Å²) in [6.07, 6.45) is 0.914. The van der Waals surface area contributed by atoms with E-state index in [1.54, 1.807) is 35.4 Å². The number of benzene rings is 1. The molecular formula is C23H26F2N4O3. The van der Waals surface area contributed by atoms with Gasteiger partial charge in [0.15, 0.2) is 11.6 Å². The number of halogens is 2. The molecule has 7 nitrogen and oxygen atoms in total. The molecule has 32 heavy (non-hydrogen) atoms. The fourth-order valence-corrected chi connectivity index (χ4v) is 4.62. The van der Waals surface area contributed by atoms with E-state index in [1.165, 1.54) is 6.07 Å². The van der Waals surface area contributed by atoms with Gasteiger partial charge in [-0.05, 0) is 36.5 Å². The Hall–Kier alpha value is -3.23. The maximum Gasteiger partial charge on any atom is 0.318 e. The van der Waals surface area contributed by atoms with E-state index in [0.29, 0.717) is 19.6 Å². The van der Waals surface area contributed by atoms with Crippen LogP contribution in [0.5, 0.6) is 0 Å². The predicted molar refractivity (Wildman–Crippen MR) is 115 cm³/mol. The van der Waals surface area contributed by atoms with Crippen molar-refractivity contribution in [3.63, 3.8) is 0 Å². The first-order valence-corrected chi connectivity index (χ1v) is 10.7. The van der Waals surface area contributed by atoms with Crippen molar-refractivity contribution in [1.82, 2.24) is 14.8 Å². The number of nitrogens with zero attached hydrogens (tertiary/aromatic N) is 2. The Morgan fingerprint density at radius 1 is 1.06 bits per heavy atom. The van der Waals surface area contributed by atoms with Gasteiger partial charge in [-0.15, -0.1) is 0 Å². The fraction of sp³-hybridized carbons (Fsp3) is 0.435. The Bertz CT molecular complexity index is 1100. The smallest absolute Gasteiger partial charge is 0.318 e. The molecule has 3 atom stereocenters. The van der Waals surface area contributed by atoms with Gasteiger partial charge in [-0.25, -0.2) is 13.6 Å². The molecule has 0 spiro atoms. The first kappa shape index (κ1) is 22.0. The monoisotopic (exact) mass is 444 g/mol. The van der Waals surface area contributed by atoms with Gasteiger partial charge in [-0.2, -0.15) is 0 Å². The Kier molecular flexibility index (Phi) is 5.99. The van der Waals surface area contributed by atoms with E-state index in [4.69, 9.17) is 0 Å². The Morgan fingerprint density at radius 3 is 2.56 bits per heavy atom. The van der Waals surface area contributed by atoms with Crippen LogP contribution in [0, 0.1) is 23.5 Å². The largest absolute Gasteiger partial charge is 0.326 e. The summed E-state index contributed by atoms with van der Waals surface area (Å²) in [5.41, 5.74) is 1.02. The summed E-state index contributed by atoms with van der Waals surface area (Å²) in [7, 11) is 0. The number of hydrogen-bond donors (Lipinski definition) is 2. The van der Waals surface area contributed by atoms with Crippen LogP contribution in [-0.2, 0) is 11.3 Å². The quantitative estimate of drug-likeness (QED) is 0.761. The average Bonchev–Trinajstić information content (AvgIpc) is 2.74. The average molecular weight is 444 g/mol. The summed E-state index contributed by atoms with van der Waals surface area (Å²) >= 11 is 0. The Balaban J connectivity index is 1.45. The molecule has 0 saturated carbocycles. The molecule has 2 bridgehead atoms. The first-order valence-electron chi connectivity index (χ1n) is 10.7. The number of rotatable bonds is 4. The maximum absolute atomic E-state index is 13.5. The molecule has 9 heteroatoms. The van der Waals surface area contributed by atoms with Gasteiger partial charge in [0.2, 0.25) is 5.91 Å². The third-order valence-electron chi connectivity index (χ3n) is 6.18. The minimum absolute atomic E-state index is 0.0242. The number of carbonyl (C=O) groups is 2. The lowest BCUT2D eigenvalue weighted by Gasteiger charge is -2.43. The van der Waals surface area contributed by atoms with Gasteiger partial charge in [-0.1, -0.05) is 19.9 Å². The number of anilines is 1. The highest BCUT2D eigenvalue weighted by atomic mass is 19.2. The van der Waals surface area contributed by atoms with Crippen molar-refractivity contribution >= 4 is 17.6 Å². The van der Waals surface area contributed by atoms with Gasteiger partial charge >= 0.3 is 6.03 Å². The summed E-state index contributed by atoms with van der Waals surface area (Å²) < 4.78 is 28.4. The van der Waals surface area contributed by atoms with Crippen molar-refractivity contribution < 1.29 is 18.4 Å². The molecular weight excluding hydrogens is 418 g/mol. The molecule has 4 rings (SSSR count). The number of amides is 3. The van der Waals surface area contributed by atoms with Crippen molar-refractivity contribution in [2.24, 2.45) is 11.8 Å². The number of nitrogens with one attached hydrogen (secondary N) is 2. The van der Waals surface area contributed by atoms with E-state index in [1.807, 2.05) is 6.07 Å². The number of carbonyl (C=O) groups excluding carboxylic acids is 2. The molecule has 1 aromatic carbocycles. The van der Waals surface area contributed by atoms with Crippen molar-refractivity contribution in [3.05, 3.63) is 64.1 Å². The third-order valence-corrected chi connectivity index (χ3v) is 6.18. The number of piperidine rings is 1. The van der Waals surface area contributed by atoms with Gasteiger partial charge in [0, 0.05) is 49.1 Å². The number of fused-ring (bicyclic) bond motifs is 4. The normalized spacial score (nSPS) is 20.5. The van der Waals surface area contributed by atoms with E-state index in [9.17, 15) is 23.2 Å². The molecule has 1 fully saturated rings. The van der Waals surface area contributed by atoms with Crippen LogP contribution >= 0.6 is 0 Å². The minimum atomic E-state index is -1.06. The molecule has 3 unspecified atom stereocenters. The second-order valence-electron chi connectivity index (χ2n) is 8.89. The molecule has 2 aliphatic rings. The predicted octanol–water partition coefficient (Wildman–Crippen LogP) is 2.92. The summed E-state index contributed by atoms with van der Waals surface area (Å²) in [6, 6.07) is 7.11. The second-order valence-corrected chi connectivity index (χ2v) is 8.89. The molecule has 1 saturated heterocycles. The first-order chi connectivity index (χ1) is 15.2. The number of urea groups is 1. The molecule has 3 amide bonds. The Labute approximate surface area is 184 Å². The summed E-state index contributed by atoms with van der Waals surface area (Å²) in [5.74, 6) is -2.57. The van der Waals surface area contributed by atoms with Crippen LogP contribution < -0.4 is 16.2 Å². The topological polar surface area (TPSA) is 83.4 Å². The van der Waals surface area contributed by atoms with Crippen LogP contribution in [0.4, 0.5) is 19.3 Å². The van der Waals surface area contributed by atoms with Gasteiger partial charge in [0.1, 0.15) is 6.04 Å². The van der Waals surface area contributed by atoms with E-state index < -0.39 is 23.6 Å². The lowest BCUT2D eigenvalue weighted by molar-refractivity contribution is -0.118. The molecule has 3 heterocycles. The maximum atomic E-state index is 13.5. The van der Waals surface area contributed by atoms with Gasteiger partial charge in [0.05, 0.1) is 0 Å². The van der Waals surface area contributed by atoms with Crippen LogP contribution in [-0.4, -0.2) is 40.5 Å². The van der Waals surface area contributed by atoms with Crippen LogP contribution in [0.3, 0.4) is 0 Å². The molecule has 2 aliphatic heterocycles. The van der Waals surface area contributed by atoms with E-state index in [2.05, 4.69) is 10.6 Å². The Morgan fingerprint density at radius 2 is 1.84 bits per heavy atom. The highest BCUT2D eigenvalue weighted by Gasteiger charge is 2.37. The van der Waals surface area contributed by atoms with Crippen molar-refractivity contribution in [2.75, 3.05) is 18.4 Å². The zero-order valence-corrected chi connectivity index (χ0v) is 18.0. The zero-order chi connectivity index (χ0) is 23.0. The van der Waals surface area contributed by atoms with Gasteiger partial charge < -0.3 is 20.1 Å². The lowest BCUT2D eigenvalue weighted by Crippen LogP contribution is -2.56. The summed E-state index contributed by atoms with van der Waals surface area (Å²) in [5, 5.41) is 5.34. The molecule has 170 valence electrons. The van der Waals surface area contributed by atoms with Crippen molar-refractivity contribution in [2.45, 2.75) is 38.8 Å². The third kappa shape index (κ3) is 4.37. The van der Waals surface area contributed by atoms with E-state index in [-0.39, 0.29) is 35.0 Å². The second kappa shape index (κ2) is 8.72. The molecule has 0 radical (unpaired) electrons. The molecule has 0 aliphatic carbocycles. The SMILES string of the molecule is CC(C)C(NC(=O)N1CC2CC(C1)c1cccc(=O)n1C2)C(=O)Nc1ccc(F)c(F)c1. The standard InChI is InChI=1S/C23H26F2N4O3/c1-13(2)21(22(31)26-16-6-7-17(24)18(25)9-16)27-23(32)28-10-14-8-15(12-28)19-4-3-5-20(30)29(19)11-14/h3-7,9,13-15,21H,8,10-12H2,1-2H3,(H,26,31)(H,27,32). The summed E-state index contributed by atoms with van der Waals surface area (Å²) in [4.78, 5) is 39.7. The fourth-order valence-electron chi connectivity index (χ4n) is 4.62.